The molecule has 0 amide bonds. The Bertz CT molecular complexity index is 350. The van der Waals surface area contributed by atoms with E-state index in [9.17, 15) is 4.79 Å². The molecule has 3 heteroatoms. The van der Waals surface area contributed by atoms with Gasteiger partial charge in [-0.15, -0.1) is 0 Å². The molecular formula is C11H16N2O. The van der Waals surface area contributed by atoms with E-state index in [1.54, 1.807) is 19.4 Å². The molecular weight excluding hydrogens is 176 g/mol. The number of Topliss-reactive ketones (excluding diaryl/α,β-unsaturated/α-hetero) is 1. The number of carbonyl (C=O) groups excluding carboxylic acids is 1. The molecule has 0 spiro atoms. The van der Waals surface area contributed by atoms with Gasteiger partial charge in [-0.25, -0.2) is 4.98 Å². The van der Waals surface area contributed by atoms with E-state index in [4.69, 9.17) is 0 Å². The monoisotopic (exact) mass is 192 g/mol. The van der Waals surface area contributed by atoms with Crippen molar-refractivity contribution in [2.24, 2.45) is 0 Å². The number of nitrogens with zero attached hydrogens (tertiary/aromatic N) is 2. The zero-order valence-corrected chi connectivity index (χ0v) is 8.95. The van der Waals surface area contributed by atoms with Crippen LogP contribution in [0.5, 0.6) is 0 Å². The lowest BCUT2D eigenvalue weighted by atomic mass is 10.2. The van der Waals surface area contributed by atoms with Crippen LogP contribution in [0.2, 0.25) is 0 Å². The van der Waals surface area contributed by atoms with Crippen molar-refractivity contribution in [3.8, 4) is 0 Å². The molecule has 0 fully saturated rings. The van der Waals surface area contributed by atoms with Gasteiger partial charge < -0.3 is 4.57 Å². The zero-order chi connectivity index (χ0) is 10.6. The highest BCUT2D eigenvalue weighted by molar-refractivity contribution is 5.96. The molecule has 0 atom stereocenters. The highest BCUT2D eigenvalue weighted by Crippen LogP contribution is 2.07. The molecule has 1 heterocycles. The van der Waals surface area contributed by atoms with Crippen molar-refractivity contribution in [1.29, 1.82) is 0 Å². The lowest BCUT2D eigenvalue weighted by Gasteiger charge is -2.02. The van der Waals surface area contributed by atoms with E-state index < -0.39 is 0 Å². The second-order valence-electron chi connectivity index (χ2n) is 3.40. The molecule has 0 aliphatic heterocycles. The van der Waals surface area contributed by atoms with Crippen LogP contribution in [-0.2, 0) is 11.3 Å². The molecule has 0 bridgehead atoms. The van der Waals surface area contributed by atoms with E-state index >= 15 is 0 Å². The van der Waals surface area contributed by atoms with Crippen molar-refractivity contribution in [2.45, 2.75) is 33.7 Å². The predicted molar refractivity (Wildman–Crippen MR) is 56.9 cm³/mol. The van der Waals surface area contributed by atoms with E-state index in [-0.39, 0.29) is 5.78 Å². The summed E-state index contributed by atoms with van der Waals surface area (Å²) in [5.74, 6) is 0.106. The molecule has 0 radical (unpaired) electrons. The summed E-state index contributed by atoms with van der Waals surface area (Å²) in [4.78, 5) is 15.1. The van der Waals surface area contributed by atoms with Gasteiger partial charge >= 0.3 is 0 Å². The Morgan fingerprint density at radius 1 is 1.57 bits per heavy atom. The summed E-state index contributed by atoms with van der Waals surface area (Å²) >= 11 is 0. The quantitative estimate of drug-likeness (QED) is 0.686. The standard InChI is InChI=1S/C11H16N2O/c1-4-5-13-8-12-7-11(13)6-9(2)10(3)14/h6-8H,4-5H2,1-3H3/b9-6-. The number of carbonyl (C=O) groups is 1. The maximum Gasteiger partial charge on any atom is 0.155 e. The fourth-order valence-corrected chi connectivity index (χ4v) is 1.20. The number of aryl methyl sites for hydroxylation is 1. The molecule has 76 valence electrons. The van der Waals surface area contributed by atoms with Crippen LogP contribution in [0.4, 0.5) is 0 Å². The van der Waals surface area contributed by atoms with Crippen LogP contribution in [0.3, 0.4) is 0 Å². The van der Waals surface area contributed by atoms with Crippen LogP contribution in [0, 0.1) is 0 Å². The van der Waals surface area contributed by atoms with Crippen LogP contribution >= 0.6 is 0 Å². The first-order chi connectivity index (χ1) is 6.65. The van der Waals surface area contributed by atoms with Crippen molar-refractivity contribution in [1.82, 2.24) is 9.55 Å². The fourth-order valence-electron chi connectivity index (χ4n) is 1.20. The van der Waals surface area contributed by atoms with Gasteiger partial charge in [0.2, 0.25) is 0 Å². The van der Waals surface area contributed by atoms with Gasteiger partial charge in [0.15, 0.2) is 5.78 Å². The minimum atomic E-state index is 0.106. The van der Waals surface area contributed by atoms with Gasteiger partial charge in [0.25, 0.3) is 0 Å². The van der Waals surface area contributed by atoms with Crippen molar-refractivity contribution in [3.05, 3.63) is 23.8 Å². The third-order valence-corrected chi connectivity index (χ3v) is 2.13. The Morgan fingerprint density at radius 3 is 2.86 bits per heavy atom. The average Bonchev–Trinajstić information content (AvgIpc) is 2.53. The summed E-state index contributed by atoms with van der Waals surface area (Å²) in [5.41, 5.74) is 1.77. The summed E-state index contributed by atoms with van der Waals surface area (Å²) in [6.07, 6.45) is 6.52. The molecule has 0 N–H and O–H groups in total. The molecule has 0 aliphatic rings. The van der Waals surface area contributed by atoms with Gasteiger partial charge in [0.1, 0.15) is 0 Å². The van der Waals surface area contributed by atoms with Crippen LogP contribution in [-0.4, -0.2) is 15.3 Å². The summed E-state index contributed by atoms with van der Waals surface area (Å²) in [5, 5.41) is 0. The first-order valence-electron chi connectivity index (χ1n) is 4.84. The molecule has 0 saturated carbocycles. The third kappa shape index (κ3) is 2.55. The second-order valence-corrected chi connectivity index (χ2v) is 3.40. The minimum absolute atomic E-state index is 0.106. The number of rotatable bonds is 4. The maximum atomic E-state index is 11.0. The molecule has 1 aromatic rings. The first-order valence-corrected chi connectivity index (χ1v) is 4.84. The van der Waals surface area contributed by atoms with Crippen molar-refractivity contribution in [3.63, 3.8) is 0 Å². The molecule has 0 aromatic carbocycles. The molecule has 0 unspecified atom stereocenters. The van der Waals surface area contributed by atoms with Crippen LogP contribution in [0.15, 0.2) is 18.1 Å². The molecule has 3 nitrogen and oxygen atoms in total. The van der Waals surface area contributed by atoms with Gasteiger partial charge in [0.05, 0.1) is 18.2 Å². The second kappa shape index (κ2) is 4.74. The van der Waals surface area contributed by atoms with E-state index in [0.717, 1.165) is 24.2 Å². The number of hydrogen-bond donors (Lipinski definition) is 0. The summed E-state index contributed by atoms with van der Waals surface area (Å²) in [6, 6.07) is 0. The Labute approximate surface area is 84.5 Å². The van der Waals surface area contributed by atoms with Gasteiger partial charge in [-0.3, -0.25) is 4.79 Å². The Balaban J connectivity index is 2.90. The van der Waals surface area contributed by atoms with Crippen LogP contribution in [0.25, 0.3) is 6.08 Å². The Hall–Kier alpha value is -1.38. The van der Waals surface area contributed by atoms with E-state index in [1.165, 1.54) is 0 Å². The average molecular weight is 192 g/mol. The van der Waals surface area contributed by atoms with E-state index in [0.29, 0.717) is 0 Å². The normalized spacial score (nSPS) is 11.8. The third-order valence-electron chi connectivity index (χ3n) is 2.13. The van der Waals surface area contributed by atoms with Crippen LogP contribution in [0.1, 0.15) is 32.9 Å². The van der Waals surface area contributed by atoms with Gasteiger partial charge in [0, 0.05) is 6.54 Å². The molecule has 1 aromatic heterocycles. The smallest absolute Gasteiger partial charge is 0.155 e. The topological polar surface area (TPSA) is 34.9 Å². The highest BCUT2D eigenvalue weighted by Gasteiger charge is 2.01. The van der Waals surface area contributed by atoms with E-state index in [1.807, 2.05) is 17.6 Å². The molecule has 0 saturated heterocycles. The zero-order valence-electron chi connectivity index (χ0n) is 8.95. The number of ketones is 1. The van der Waals surface area contributed by atoms with Crippen molar-refractivity contribution >= 4 is 11.9 Å². The number of hydrogen-bond acceptors (Lipinski definition) is 2. The van der Waals surface area contributed by atoms with Crippen LogP contribution < -0.4 is 0 Å². The minimum Gasteiger partial charge on any atom is -0.331 e. The molecule has 0 aliphatic carbocycles. The predicted octanol–water partition coefficient (Wildman–Crippen LogP) is 2.29. The largest absolute Gasteiger partial charge is 0.331 e. The number of allylic oxidation sites excluding steroid dienone is 1. The summed E-state index contributed by atoms with van der Waals surface area (Å²) < 4.78 is 2.05. The fraction of sp³-hybridized carbons (Fsp3) is 0.455. The molecule has 14 heavy (non-hydrogen) atoms. The number of aromatic nitrogens is 2. The van der Waals surface area contributed by atoms with Crippen molar-refractivity contribution in [2.75, 3.05) is 0 Å². The van der Waals surface area contributed by atoms with Crippen molar-refractivity contribution < 1.29 is 4.79 Å². The lowest BCUT2D eigenvalue weighted by Crippen LogP contribution is -1.98. The van der Waals surface area contributed by atoms with Gasteiger partial charge in [-0.05, 0) is 31.9 Å². The molecule has 1 rings (SSSR count). The summed E-state index contributed by atoms with van der Waals surface area (Å²) in [6.45, 7) is 6.46. The number of imidazole rings is 1. The maximum absolute atomic E-state index is 11.0. The SMILES string of the molecule is CCCn1cncc1/C=C(/C)C(C)=O. The lowest BCUT2D eigenvalue weighted by molar-refractivity contribution is -0.113. The summed E-state index contributed by atoms with van der Waals surface area (Å²) in [7, 11) is 0. The van der Waals surface area contributed by atoms with Gasteiger partial charge in [-0.1, -0.05) is 6.92 Å². The first kappa shape index (κ1) is 10.7. The Kier molecular flexibility index (Phi) is 3.63. The van der Waals surface area contributed by atoms with Gasteiger partial charge in [-0.2, -0.15) is 0 Å². The van der Waals surface area contributed by atoms with E-state index in [2.05, 4.69) is 11.9 Å². The Morgan fingerprint density at radius 2 is 2.29 bits per heavy atom. The highest BCUT2D eigenvalue weighted by atomic mass is 16.1.